The molecule has 5 rings (SSSR count). The van der Waals surface area contributed by atoms with Crippen molar-refractivity contribution in [3.8, 4) is 11.1 Å². The van der Waals surface area contributed by atoms with Gasteiger partial charge >= 0.3 is 5.97 Å². The maximum atomic E-state index is 12.9. The molecular weight excluding hydrogens is 458 g/mol. The molecule has 8 heteroatoms. The number of fused-ring (bicyclic) bond motifs is 3. The summed E-state index contributed by atoms with van der Waals surface area (Å²) >= 11 is 0. The Bertz CT molecular complexity index is 1290. The van der Waals surface area contributed by atoms with Gasteiger partial charge in [0.25, 0.3) is 0 Å². The maximum absolute atomic E-state index is 12.9. The number of aliphatic carboxylic acids is 1. The van der Waals surface area contributed by atoms with Crippen LogP contribution in [0.25, 0.3) is 11.1 Å². The molecule has 0 bridgehead atoms. The molecule has 36 heavy (non-hydrogen) atoms. The van der Waals surface area contributed by atoms with Crippen molar-refractivity contribution < 1.29 is 24.3 Å². The third kappa shape index (κ3) is 4.45. The predicted octanol–water partition coefficient (Wildman–Crippen LogP) is 1.98. The predicted molar refractivity (Wildman–Crippen MR) is 132 cm³/mol. The van der Waals surface area contributed by atoms with Crippen LogP contribution in [0.2, 0.25) is 0 Å². The molecule has 3 aromatic rings. The van der Waals surface area contributed by atoms with E-state index in [1.54, 1.807) is 0 Å². The number of rotatable bonds is 7. The van der Waals surface area contributed by atoms with Crippen molar-refractivity contribution in [3.63, 3.8) is 0 Å². The van der Waals surface area contributed by atoms with Crippen LogP contribution < -0.4 is 16.0 Å². The topological polar surface area (TPSA) is 125 Å². The summed E-state index contributed by atoms with van der Waals surface area (Å²) in [5.41, 5.74) is 4.40. The molecule has 0 saturated carbocycles. The van der Waals surface area contributed by atoms with Crippen LogP contribution in [-0.4, -0.2) is 46.9 Å². The number of carboxylic acids is 1. The van der Waals surface area contributed by atoms with Gasteiger partial charge in [0.05, 0.1) is 6.42 Å². The fourth-order valence-electron chi connectivity index (χ4n) is 5.07. The highest BCUT2D eigenvalue weighted by Crippen LogP contribution is 2.46. The van der Waals surface area contributed by atoms with E-state index in [-0.39, 0.29) is 12.3 Å². The number of carboxylic acid groups (broad SMARTS) is 1. The van der Waals surface area contributed by atoms with Crippen molar-refractivity contribution in [2.24, 2.45) is 0 Å². The zero-order valence-electron chi connectivity index (χ0n) is 19.3. The summed E-state index contributed by atoms with van der Waals surface area (Å²) in [6.07, 6.45) is -0.0334. The summed E-state index contributed by atoms with van der Waals surface area (Å²) in [7, 11) is 0. The van der Waals surface area contributed by atoms with Crippen molar-refractivity contribution in [3.05, 3.63) is 95.6 Å². The van der Waals surface area contributed by atoms with E-state index >= 15 is 0 Å². The zero-order chi connectivity index (χ0) is 25.2. The highest BCUT2D eigenvalue weighted by Gasteiger charge is 2.40. The minimum atomic E-state index is -1.24. The Morgan fingerprint density at radius 3 is 1.92 bits per heavy atom. The van der Waals surface area contributed by atoms with Crippen LogP contribution >= 0.6 is 0 Å². The van der Waals surface area contributed by atoms with Gasteiger partial charge in [0.15, 0.2) is 0 Å². The SMILES string of the molecule is O=C(C[C@@H]1NC(=O)[C@H](Cc2ccccc2)NC1=O)N[C@@H](C(=O)O)C1c2ccccc2-c2ccccc21. The van der Waals surface area contributed by atoms with Gasteiger partial charge in [0.1, 0.15) is 18.1 Å². The van der Waals surface area contributed by atoms with E-state index in [4.69, 9.17) is 0 Å². The average Bonchev–Trinajstić information content (AvgIpc) is 3.20. The Morgan fingerprint density at radius 1 is 0.778 bits per heavy atom. The van der Waals surface area contributed by atoms with Gasteiger partial charge < -0.3 is 21.1 Å². The zero-order valence-corrected chi connectivity index (χ0v) is 19.3. The van der Waals surface area contributed by atoms with E-state index < -0.39 is 41.8 Å². The number of benzene rings is 3. The van der Waals surface area contributed by atoms with Crippen LogP contribution in [0.5, 0.6) is 0 Å². The first-order valence-corrected chi connectivity index (χ1v) is 11.8. The molecule has 182 valence electrons. The third-order valence-corrected chi connectivity index (χ3v) is 6.74. The Morgan fingerprint density at radius 2 is 1.31 bits per heavy atom. The summed E-state index contributed by atoms with van der Waals surface area (Å²) in [6.45, 7) is 0. The van der Waals surface area contributed by atoms with Crippen molar-refractivity contribution >= 4 is 23.7 Å². The fraction of sp³-hybridized carbons (Fsp3) is 0.214. The number of carbonyl (C=O) groups is 4. The molecule has 4 N–H and O–H groups in total. The minimum Gasteiger partial charge on any atom is -0.480 e. The lowest BCUT2D eigenvalue weighted by Crippen LogP contribution is -2.63. The Hall–Kier alpha value is -4.46. The molecule has 0 aromatic heterocycles. The van der Waals surface area contributed by atoms with Crippen molar-refractivity contribution in [1.82, 2.24) is 16.0 Å². The number of hydrogen-bond acceptors (Lipinski definition) is 4. The first kappa shape index (κ1) is 23.3. The molecule has 1 heterocycles. The molecular formula is C28H25N3O5. The summed E-state index contributed by atoms with van der Waals surface area (Å²) in [4.78, 5) is 50.5. The molecule has 8 nitrogen and oxygen atoms in total. The first-order chi connectivity index (χ1) is 17.4. The second-order valence-corrected chi connectivity index (χ2v) is 9.05. The van der Waals surface area contributed by atoms with Crippen LogP contribution in [0.3, 0.4) is 0 Å². The molecule has 1 fully saturated rings. The van der Waals surface area contributed by atoms with E-state index in [0.29, 0.717) is 6.42 Å². The van der Waals surface area contributed by atoms with E-state index in [0.717, 1.165) is 27.8 Å². The number of nitrogens with one attached hydrogen (secondary N) is 3. The smallest absolute Gasteiger partial charge is 0.327 e. The van der Waals surface area contributed by atoms with Crippen LogP contribution in [0, 0.1) is 0 Å². The number of carbonyl (C=O) groups excluding carboxylic acids is 3. The summed E-state index contributed by atoms with van der Waals surface area (Å²) in [5.74, 6) is -3.26. The molecule has 0 unspecified atom stereocenters. The van der Waals surface area contributed by atoms with Crippen molar-refractivity contribution in [1.29, 1.82) is 0 Å². The van der Waals surface area contributed by atoms with Crippen molar-refractivity contribution in [2.45, 2.75) is 36.9 Å². The quantitative estimate of drug-likeness (QED) is 0.409. The van der Waals surface area contributed by atoms with Gasteiger partial charge in [-0.1, -0.05) is 78.9 Å². The molecule has 3 atom stereocenters. The summed E-state index contributed by atoms with van der Waals surface area (Å²) in [5, 5.41) is 17.9. The summed E-state index contributed by atoms with van der Waals surface area (Å²) < 4.78 is 0. The Labute approximate surface area is 207 Å². The fourth-order valence-corrected chi connectivity index (χ4v) is 5.07. The van der Waals surface area contributed by atoms with Gasteiger partial charge in [-0.2, -0.15) is 0 Å². The van der Waals surface area contributed by atoms with E-state index in [9.17, 15) is 24.3 Å². The van der Waals surface area contributed by atoms with Crippen LogP contribution in [0.4, 0.5) is 0 Å². The third-order valence-electron chi connectivity index (χ3n) is 6.74. The molecule has 3 amide bonds. The molecule has 0 radical (unpaired) electrons. The second-order valence-electron chi connectivity index (χ2n) is 9.05. The normalized spacial score (nSPS) is 19.4. The highest BCUT2D eigenvalue weighted by molar-refractivity contribution is 5.99. The van der Waals surface area contributed by atoms with E-state index in [2.05, 4.69) is 16.0 Å². The molecule has 1 aliphatic heterocycles. The second kappa shape index (κ2) is 9.65. The lowest BCUT2D eigenvalue weighted by atomic mass is 9.89. The summed E-state index contributed by atoms with van der Waals surface area (Å²) in [6, 6.07) is 21.3. The van der Waals surface area contributed by atoms with E-state index in [1.807, 2.05) is 78.9 Å². The van der Waals surface area contributed by atoms with Crippen LogP contribution in [-0.2, 0) is 25.6 Å². The Kier molecular flexibility index (Phi) is 6.25. The largest absolute Gasteiger partial charge is 0.480 e. The van der Waals surface area contributed by atoms with E-state index in [1.165, 1.54) is 0 Å². The number of amides is 3. The molecule has 0 spiro atoms. The lowest BCUT2D eigenvalue weighted by molar-refractivity contribution is -0.143. The maximum Gasteiger partial charge on any atom is 0.327 e. The molecule has 3 aromatic carbocycles. The lowest BCUT2D eigenvalue weighted by Gasteiger charge is -2.30. The van der Waals surface area contributed by atoms with Gasteiger partial charge in [-0.25, -0.2) is 4.79 Å². The monoisotopic (exact) mass is 483 g/mol. The first-order valence-electron chi connectivity index (χ1n) is 11.8. The molecule has 1 saturated heterocycles. The molecule has 1 aliphatic carbocycles. The van der Waals surface area contributed by atoms with Crippen LogP contribution in [0.1, 0.15) is 29.0 Å². The van der Waals surface area contributed by atoms with Crippen molar-refractivity contribution in [2.75, 3.05) is 0 Å². The van der Waals surface area contributed by atoms with Gasteiger partial charge in [0, 0.05) is 12.3 Å². The van der Waals surface area contributed by atoms with Gasteiger partial charge in [-0.3, -0.25) is 14.4 Å². The number of piperazine rings is 1. The average molecular weight is 484 g/mol. The van der Waals surface area contributed by atoms with Crippen LogP contribution in [0.15, 0.2) is 78.9 Å². The van der Waals surface area contributed by atoms with Gasteiger partial charge in [0.2, 0.25) is 17.7 Å². The Balaban J connectivity index is 1.29. The highest BCUT2D eigenvalue weighted by atomic mass is 16.4. The standard InChI is InChI=1S/C28H25N3O5/c32-23(15-22-27(34)29-21(26(33)30-22)14-16-8-2-1-3-9-16)31-25(28(35)36)24-19-12-6-4-10-17(19)18-11-5-7-13-20(18)24/h1-13,21-22,24-25H,14-15H2,(H,29,34)(H,30,33)(H,31,32)(H,35,36)/t21-,22-,25+/m0/s1. The van der Waals surface area contributed by atoms with Gasteiger partial charge in [-0.05, 0) is 27.8 Å². The minimum absolute atomic E-state index is 0.332. The van der Waals surface area contributed by atoms with Gasteiger partial charge in [-0.15, -0.1) is 0 Å². The number of hydrogen-bond donors (Lipinski definition) is 4. The molecule has 2 aliphatic rings.